The van der Waals surface area contributed by atoms with E-state index >= 15 is 0 Å². The molecule has 0 spiro atoms. The van der Waals surface area contributed by atoms with Gasteiger partial charge in [0.15, 0.2) is 0 Å². The van der Waals surface area contributed by atoms with E-state index < -0.39 is 0 Å². The summed E-state index contributed by atoms with van der Waals surface area (Å²) in [5.74, 6) is 0. The van der Waals surface area contributed by atoms with Crippen LogP contribution in [0.25, 0.3) is 10.6 Å². The number of carbonyl (C=O) groups excluding carboxylic acids is 1. The van der Waals surface area contributed by atoms with E-state index in [1.54, 1.807) is 12.4 Å². The number of rotatable bonds is 3. The van der Waals surface area contributed by atoms with E-state index in [4.69, 9.17) is 0 Å². The van der Waals surface area contributed by atoms with Gasteiger partial charge in [0, 0.05) is 23.6 Å². The highest BCUT2D eigenvalue weighted by Crippen LogP contribution is 2.25. The fourth-order valence-electron chi connectivity index (χ4n) is 1.85. The number of benzene rings is 1. The molecule has 0 atom stereocenters. The van der Waals surface area contributed by atoms with Gasteiger partial charge in [0.25, 0.3) is 0 Å². The highest BCUT2D eigenvalue weighted by molar-refractivity contribution is 7.18. The van der Waals surface area contributed by atoms with Crippen molar-refractivity contribution in [2.45, 2.75) is 6.92 Å². The second kappa shape index (κ2) is 6.31. The average molecular weight is 311 g/mol. The van der Waals surface area contributed by atoms with Crippen molar-refractivity contribution in [2.75, 3.05) is 10.6 Å². The number of amides is 2. The van der Waals surface area contributed by atoms with E-state index in [2.05, 4.69) is 25.8 Å². The minimum absolute atomic E-state index is 0.341. The molecule has 1 aromatic carbocycles. The molecule has 0 bridgehead atoms. The molecule has 2 N–H and O–H groups in total. The number of anilines is 2. The lowest BCUT2D eigenvalue weighted by Crippen LogP contribution is -2.19. The van der Waals surface area contributed by atoms with Gasteiger partial charge >= 0.3 is 6.03 Å². The number of pyridine rings is 1. The van der Waals surface area contributed by atoms with Gasteiger partial charge in [-0.2, -0.15) is 0 Å². The van der Waals surface area contributed by atoms with Crippen LogP contribution in [0.15, 0.2) is 48.8 Å². The first-order valence-corrected chi connectivity index (χ1v) is 7.41. The highest BCUT2D eigenvalue weighted by Gasteiger charge is 2.10. The van der Waals surface area contributed by atoms with Gasteiger partial charge in [0.1, 0.15) is 5.01 Å². The monoisotopic (exact) mass is 311 g/mol. The summed E-state index contributed by atoms with van der Waals surface area (Å²) < 4.78 is 0. The van der Waals surface area contributed by atoms with Crippen LogP contribution in [0.5, 0.6) is 0 Å². The van der Waals surface area contributed by atoms with Crippen molar-refractivity contribution >= 4 is 28.2 Å². The number of para-hydroxylation sites is 1. The summed E-state index contributed by atoms with van der Waals surface area (Å²) in [5.41, 5.74) is 2.67. The Balaban J connectivity index is 1.68. The number of hydrogen-bond donors (Lipinski definition) is 2. The van der Waals surface area contributed by atoms with Gasteiger partial charge in [0.2, 0.25) is 5.13 Å². The molecule has 0 aliphatic heterocycles. The Bertz CT molecular complexity index is 787. The molecule has 2 aromatic heterocycles. The minimum atomic E-state index is -0.341. The van der Waals surface area contributed by atoms with Crippen molar-refractivity contribution in [3.05, 3.63) is 54.4 Å². The van der Waals surface area contributed by atoms with E-state index in [-0.39, 0.29) is 6.03 Å². The average Bonchev–Trinajstić information content (AvgIpc) is 2.99. The zero-order chi connectivity index (χ0) is 15.4. The lowest BCUT2D eigenvalue weighted by atomic mass is 10.2. The summed E-state index contributed by atoms with van der Waals surface area (Å²) >= 11 is 1.31. The Morgan fingerprint density at radius 1 is 1.05 bits per heavy atom. The van der Waals surface area contributed by atoms with E-state index in [1.165, 1.54) is 11.3 Å². The van der Waals surface area contributed by atoms with E-state index in [1.807, 2.05) is 43.3 Å². The number of urea groups is 1. The lowest BCUT2D eigenvalue weighted by Gasteiger charge is -2.07. The van der Waals surface area contributed by atoms with Crippen LogP contribution in [0.4, 0.5) is 15.6 Å². The van der Waals surface area contributed by atoms with Gasteiger partial charge in [-0.05, 0) is 30.7 Å². The van der Waals surface area contributed by atoms with Crippen molar-refractivity contribution in [3.63, 3.8) is 0 Å². The Morgan fingerprint density at radius 2 is 1.82 bits per heavy atom. The standard InChI is InChI=1S/C15H13N5OS/c1-10-4-2-3-5-12(10)17-14(21)18-15-20-19-13(22-15)11-6-8-16-9-7-11/h2-9H,1H3,(H2,17,18,20,21). The Hall–Kier alpha value is -2.80. The van der Waals surface area contributed by atoms with Crippen molar-refractivity contribution in [3.8, 4) is 10.6 Å². The summed E-state index contributed by atoms with van der Waals surface area (Å²) in [6, 6.07) is 10.9. The molecule has 0 saturated heterocycles. The quantitative estimate of drug-likeness (QED) is 0.775. The van der Waals surface area contributed by atoms with Crippen molar-refractivity contribution < 1.29 is 4.79 Å². The van der Waals surface area contributed by atoms with Crippen molar-refractivity contribution in [1.82, 2.24) is 15.2 Å². The van der Waals surface area contributed by atoms with Gasteiger partial charge in [0.05, 0.1) is 0 Å². The second-order valence-electron chi connectivity index (χ2n) is 4.54. The molecule has 2 heterocycles. The molecular weight excluding hydrogens is 298 g/mol. The van der Waals surface area contributed by atoms with Crippen LogP contribution in [0.1, 0.15) is 5.56 Å². The third-order valence-corrected chi connectivity index (χ3v) is 3.85. The molecule has 0 aliphatic rings. The molecule has 110 valence electrons. The maximum absolute atomic E-state index is 12.0. The highest BCUT2D eigenvalue weighted by atomic mass is 32.1. The molecule has 0 radical (unpaired) electrons. The summed E-state index contributed by atoms with van der Waals surface area (Å²) in [6.07, 6.45) is 3.38. The van der Waals surface area contributed by atoms with Crippen molar-refractivity contribution in [1.29, 1.82) is 0 Å². The van der Waals surface area contributed by atoms with Crippen molar-refractivity contribution in [2.24, 2.45) is 0 Å². The first-order valence-electron chi connectivity index (χ1n) is 6.60. The molecule has 3 rings (SSSR count). The number of hydrogen-bond acceptors (Lipinski definition) is 5. The molecular formula is C15H13N5OS. The topological polar surface area (TPSA) is 79.8 Å². The lowest BCUT2D eigenvalue weighted by molar-refractivity contribution is 0.262. The fourth-order valence-corrected chi connectivity index (χ4v) is 2.59. The van der Waals surface area contributed by atoms with E-state index in [9.17, 15) is 4.79 Å². The second-order valence-corrected chi connectivity index (χ2v) is 5.52. The van der Waals surface area contributed by atoms with Gasteiger partial charge in [-0.3, -0.25) is 10.3 Å². The zero-order valence-corrected chi connectivity index (χ0v) is 12.6. The largest absolute Gasteiger partial charge is 0.325 e. The number of aryl methyl sites for hydroxylation is 1. The first-order chi connectivity index (χ1) is 10.7. The fraction of sp³-hybridized carbons (Fsp3) is 0.0667. The molecule has 0 fully saturated rings. The maximum Gasteiger partial charge on any atom is 0.325 e. The summed E-state index contributed by atoms with van der Waals surface area (Å²) in [7, 11) is 0. The SMILES string of the molecule is Cc1ccccc1NC(=O)Nc1nnc(-c2ccncc2)s1. The third-order valence-electron chi connectivity index (χ3n) is 2.97. The predicted octanol–water partition coefficient (Wildman–Crippen LogP) is 3.55. The molecule has 0 aliphatic carbocycles. The summed E-state index contributed by atoms with van der Waals surface area (Å²) in [6.45, 7) is 1.93. The maximum atomic E-state index is 12.0. The Morgan fingerprint density at radius 3 is 2.59 bits per heavy atom. The molecule has 2 amide bonds. The van der Waals surface area contributed by atoms with Gasteiger partial charge in [-0.25, -0.2) is 4.79 Å². The number of aromatic nitrogens is 3. The van der Waals surface area contributed by atoms with Gasteiger partial charge < -0.3 is 5.32 Å². The van der Waals surface area contributed by atoms with Crippen LogP contribution in [0.3, 0.4) is 0 Å². The Kier molecular flexibility index (Phi) is 4.06. The van der Waals surface area contributed by atoms with Crippen LogP contribution in [0.2, 0.25) is 0 Å². The molecule has 0 unspecified atom stereocenters. The summed E-state index contributed by atoms with van der Waals surface area (Å²) in [5, 5.41) is 14.7. The van der Waals surface area contributed by atoms with Crippen LogP contribution in [0, 0.1) is 6.92 Å². The first kappa shape index (κ1) is 14.2. The van der Waals surface area contributed by atoms with Crippen LogP contribution < -0.4 is 10.6 Å². The molecule has 0 saturated carbocycles. The Labute approximate surface area is 131 Å². The molecule has 22 heavy (non-hydrogen) atoms. The third kappa shape index (κ3) is 3.26. The van der Waals surface area contributed by atoms with Crippen LogP contribution >= 0.6 is 11.3 Å². The molecule has 7 heteroatoms. The minimum Gasteiger partial charge on any atom is -0.307 e. The normalized spacial score (nSPS) is 10.2. The molecule has 6 nitrogen and oxygen atoms in total. The van der Waals surface area contributed by atoms with E-state index in [0.717, 1.165) is 21.8 Å². The predicted molar refractivity (Wildman–Crippen MR) is 87.0 cm³/mol. The number of carbonyl (C=O) groups is 1. The van der Waals surface area contributed by atoms with E-state index in [0.29, 0.717) is 5.13 Å². The molecule has 3 aromatic rings. The summed E-state index contributed by atoms with van der Waals surface area (Å²) in [4.78, 5) is 15.9. The van der Waals surface area contributed by atoms with Gasteiger partial charge in [-0.15, -0.1) is 10.2 Å². The van der Waals surface area contributed by atoms with Gasteiger partial charge in [-0.1, -0.05) is 29.5 Å². The smallest absolute Gasteiger partial charge is 0.307 e. The number of nitrogens with zero attached hydrogens (tertiary/aromatic N) is 3. The number of nitrogens with one attached hydrogen (secondary N) is 2. The zero-order valence-electron chi connectivity index (χ0n) is 11.8. The van der Waals surface area contributed by atoms with Crippen LogP contribution in [-0.4, -0.2) is 21.2 Å². The van der Waals surface area contributed by atoms with Crippen LogP contribution in [-0.2, 0) is 0 Å².